The number of nitrogens with zero attached hydrogens (tertiary/aromatic N) is 1. The molecule has 3 aliphatic rings. The molecule has 1 fully saturated rings. The average Bonchev–Trinajstić information content (AvgIpc) is 2.94. The number of amidine groups is 1. The standard InChI is InChI=1S/C21H27FN3O6P/c1-3-21(18(26)19(22)25(13-29-21)9-7-17(23)24-20(25)27)12-31-32(28)10-8-16-14(2)5-4-6-15(16)11-30-32/h4-7,9,18-19,26H,3,8,10-13H2,1-2H3,(H-,23,24,27)/p+1/t18-,19-,21+,25?,32?/m0/s1. The second kappa shape index (κ2) is 8.44. The number of nitrogens with one attached hydrogen (secondary N) is 2. The molecular formula is C21H28FN3O6P+. The molecule has 0 aliphatic carbocycles. The van der Waals surface area contributed by atoms with E-state index in [4.69, 9.17) is 19.2 Å². The van der Waals surface area contributed by atoms with Crippen molar-refractivity contribution in [1.82, 2.24) is 5.32 Å². The molecule has 2 amide bonds. The van der Waals surface area contributed by atoms with Crippen molar-refractivity contribution >= 4 is 19.5 Å². The largest absolute Gasteiger partial charge is 0.431 e. The minimum Gasteiger partial charge on any atom is -0.381 e. The van der Waals surface area contributed by atoms with E-state index in [1.807, 2.05) is 25.1 Å². The molecule has 3 aliphatic heterocycles. The third-order valence-corrected chi connectivity index (χ3v) is 8.41. The highest BCUT2D eigenvalue weighted by Gasteiger charge is 2.61. The number of quaternary nitrogens is 1. The Hall–Kier alpha value is -1.94. The van der Waals surface area contributed by atoms with Crippen LogP contribution in [0.25, 0.3) is 0 Å². The fourth-order valence-electron chi connectivity index (χ4n) is 4.31. The molecule has 1 aromatic rings. The number of urea groups is 1. The van der Waals surface area contributed by atoms with E-state index >= 15 is 4.39 Å². The maximum absolute atomic E-state index is 15.4. The van der Waals surface area contributed by atoms with Crippen molar-refractivity contribution in [3.63, 3.8) is 0 Å². The van der Waals surface area contributed by atoms with Gasteiger partial charge in [-0.15, -0.1) is 0 Å². The average molecular weight is 468 g/mol. The van der Waals surface area contributed by atoms with Gasteiger partial charge in [0.15, 0.2) is 12.8 Å². The van der Waals surface area contributed by atoms with Crippen molar-refractivity contribution in [1.29, 1.82) is 5.41 Å². The van der Waals surface area contributed by atoms with Crippen LogP contribution in [0.3, 0.4) is 0 Å². The molecule has 1 spiro atoms. The van der Waals surface area contributed by atoms with E-state index in [2.05, 4.69) is 5.32 Å². The van der Waals surface area contributed by atoms with Crippen LogP contribution in [0.2, 0.25) is 0 Å². The molecule has 9 nitrogen and oxygen atoms in total. The molecule has 174 valence electrons. The fraction of sp³-hybridized carbons (Fsp3) is 0.524. The zero-order chi connectivity index (χ0) is 23.1. The summed E-state index contributed by atoms with van der Waals surface area (Å²) in [5.41, 5.74) is 1.62. The lowest BCUT2D eigenvalue weighted by atomic mass is 9.91. The monoisotopic (exact) mass is 468 g/mol. The van der Waals surface area contributed by atoms with Crippen LogP contribution in [-0.2, 0) is 31.4 Å². The van der Waals surface area contributed by atoms with Crippen molar-refractivity contribution in [3.05, 3.63) is 47.2 Å². The van der Waals surface area contributed by atoms with Gasteiger partial charge in [0.25, 0.3) is 6.30 Å². The number of fused-ring (bicyclic) bond motifs is 1. The number of carbonyl (C=O) groups is 1. The van der Waals surface area contributed by atoms with Crippen LogP contribution in [0.1, 0.15) is 30.0 Å². The summed E-state index contributed by atoms with van der Waals surface area (Å²) in [5.74, 6) is -0.170. The summed E-state index contributed by atoms with van der Waals surface area (Å²) in [4.78, 5) is 12.4. The second-order valence-electron chi connectivity index (χ2n) is 8.44. The third kappa shape index (κ3) is 3.85. The van der Waals surface area contributed by atoms with Crippen LogP contribution < -0.4 is 5.32 Å². The van der Waals surface area contributed by atoms with Crippen molar-refractivity contribution in [2.75, 3.05) is 19.5 Å². The summed E-state index contributed by atoms with van der Waals surface area (Å²) < 4.78 is 45.0. The van der Waals surface area contributed by atoms with Gasteiger partial charge in [-0.3, -0.25) is 15.3 Å². The van der Waals surface area contributed by atoms with E-state index in [1.165, 1.54) is 12.3 Å². The Balaban J connectivity index is 1.50. The molecule has 1 saturated heterocycles. The number of carbonyl (C=O) groups excluding carboxylic acids is 1. The highest BCUT2D eigenvalue weighted by molar-refractivity contribution is 7.53. The smallest absolute Gasteiger partial charge is 0.381 e. The maximum Gasteiger partial charge on any atom is 0.431 e. The Morgan fingerprint density at radius 3 is 2.97 bits per heavy atom. The van der Waals surface area contributed by atoms with Gasteiger partial charge in [0.2, 0.25) is 0 Å². The first-order valence-electron chi connectivity index (χ1n) is 10.5. The Morgan fingerprint density at radius 2 is 2.25 bits per heavy atom. The van der Waals surface area contributed by atoms with Gasteiger partial charge in [-0.1, -0.05) is 25.1 Å². The highest BCUT2D eigenvalue weighted by Crippen LogP contribution is 2.53. The molecule has 0 saturated carbocycles. The zero-order valence-electron chi connectivity index (χ0n) is 18.0. The number of benzene rings is 1. The van der Waals surface area contributed by atoms with Gasteiger partial charge in [-0.05, 0) is 36.5 Å². The molecule has 0 aromatic heterocycles. The zero-order valence-corrected chi connectivity index (χ0v) is 18.9. The van der Waals surface area contributed by atoms with E-state index in [0.29, 0.717) is 6.42 Å². The Bertz CT molecular complexity index is 1020. The SMILES string of the molecule is CC[C@]1(COP2(=O)CCc3c(C)cccc3CO2)OC[N+]2(C=CC(=N)NC2=O)[C@H](F)[C@@H]1O. The maximum atomic E-state index is 15.4. The molecule has 5 atom stereocenters. The minimum absolute atomic E-state index is 0.138. The van der Waals surface area contributed by atoms with Crippen LogP contribution in [-0.4, -0.2) is 59.0 Å². The van der Waals surface area contributed by atoms with Gasteiger partial charge in [0, 0.05) is 6.08 Å². The number of hydrogen-bond donors (Lipinski definition) is 3. The summed E-state index contributed by atoms with van der Waals surface area (Å²) in [6.45, 7) is 3.07. The first-order chi connectivity index (χ1) is 15.1. The van der Waals surface area contributed by atoms with Gasteiger partial charge in [-0.2, -0.15) is 8.87 Å². The molecule has 4 rings (SSSR count). The van der Waals surface area contributed by atoms with Crippen molar-refractivity contribution < 1.29 is 37.1 Å². The first-order valence-corrected chi connectivity index (χ1v) is 12.3. The number of hydrogen-bond acceptors (Lipinski definition) is 7. The number of rotatable bonds is 4. The molecule has 0 bridgehead atoms. The number of halogens is 1. The van der Waals surface area contributed by atoms with Crippen LogP contribution >= 0.6 is 7.60 Å². The third-order valence-electron chi connectivity index (χ3n) is 6.60. The molecular weight excluding hydrogens is 440 g/mol. The van der Waals surface area contributed by atoms with Gasteiger partial charge in [0.1, 0.15) is 17.6 Å². The van der Waals surface area contributed by atoms with Gasteiger partial charge < -0.3 is 18.9 Å². The van der Waals surface area contributed by atoms with E-state index < -0.39 is 42.8 Å². The first kappa shape index (κ1) is 23.2. The number of alkyl halides is 1. The Morgan fingerprint density at radius 1 is 1.47 bits per heavy atom. The highest BCUT2D eigenvalue weighted by atomic mass is 31.2. The van der Waals surface area contributed by atoms with Crippen molar-refractivity contribution in [2.24, 2.45) is 0 Å². The number of amides is 2. The van der Waals surface area contributed by atoms with E-state index in [9.17, 15) is 14.5 Å². The van der Waals surface area contributed by atoms with Crippen molar-refractivity contribution in [3.8, 4) is 0 Å². The normalized spacial score (nSPS) is 37.1. The predicted octanol–water partition coefficient (Wildman–Crippen LogP) is 3.10. The molecule has 3 heterocycles. The Kier molecular flexibility index (Phi) is 6.13. The fourth-order valence-corrected chi connectivity index (χ4v) is 5.89. The van der Waals surface area contributed by atoms with Crippen LogP contribution in [0, 0.1) is 12.3 Å². The van der Waals surface area contributed by atoms with Crippen LogP contribution in [0.15, 0.2) is 30.5 Å². The van der Waals surface area contributed by atoms with E-state index in [0.717, 1.165) is 16.7 Å². The van der Waals surface area contributed by atoms with Gasteiger partial charge in [0.05, 0.1) is 19.4 Å². The molecule has 2 unspecified atom stereocenters. The number of aliphatic hydroxyl groups is 1. The summed E-state index contributed by atoms with van der Waals surface area (Å²) in [6, 6.07) is 5.02. The molecule has 32 heavy (non-hydrogen) atoms. The lowest BCUT2D eigenvalue weighted by Crippen LogP contribution is -2.73. The topological polar surface area (TPSA) is 118 Å². The Labute approximate surface area is 185 Å². The summed E-state index contributed by atoms with van der Waals surface area (Å²) in [6.07, 6.45) is -0.504. The predicted molar refractivity (Wildman–Crippen MR) is 114 cm³/mol. The van der Waals surface area contributed by atoms with Gasteiger partial charge in [-0.25, -0.2) is 4.79 Å². The second-order valence-corrected chi connectivity index (χ2v) is 10.6. The molecule has 0 radical (unpaired) electrons. The summed E-state index contributed by atoms with van der Waals surface area (Å²) in [5, 5.41) is 20.6. The van der Waals surface area contributed by atoms with Crippen LogP contribution in [0.4, 0.5) is 9.18 Å². The number of aryl methyl sites for hydroxylation is 1. The van der Waals surface area contributed by atoms with E-state index in [-0.39, 0.29) is 31.6 Å². The summed E-state index contributed by atoms with van der Waals surface area (Å²) in [7, 11) is -3.53. The number of aliphatic hydroxyl groups excluding tert-OH is 1. The minimum atomic E-state index is -3.53. The van der Waals surface area contributed by atoms with Crippen LogP contribution in [0.5, 0.6) is 0 Å². The lowest BCUT2D eigenvalue weighted by Gasteiger charge is -2.49. The molecule has 3 N–H and O–H groups in total. The quantitative estimate of drug-likeness (QED) is 0.355. The summed E-state index contributed by atoms with van der Waals surface area (Å²) >= 11 is 0. The lowest BCUT2D eigenvalue weighted by molar-refractivity contribution is -0.885. The van der Waals surface area contributed by atoms with E-state index in [1.54, 1.807) is 6.92 Å². The molecule has 11 heteroatoms. The molecule has 1 aromatic carbocycles. The van der Waals surface area contributed by atoms with Crippen molar-refractivity contribution in [2.45, 2.75) is 51.3 Å². The van der Waals surface area contributed by atoms with Gasteiger partial charge >= 0.3 is 13.6 Å². The number of ether oxygens (including phenoxy) is 1.